The van der Waals surface area contributed by atoms with Crippen molar-refractivity contribution in [2.45, 2.75) is 32.2 Å². The molecule has 0 radical (unpaired) electrons. The highest BCUT2D eigenvalue weighted by molar-refractivity contribution is 5.83. The fourth-order valence-electron chi connectivity index (χ4n) is 4.67. The number of carbonyl (C=O) groups excluding carboxylic acids is 1. The number of para-hydroxylation sites is 1. The number of aryl methyl sites for hydroxylation is 2. The van der Waals surface area contributed by atoms with E-state index in [1.165, 1.54) is 14.2 Å². The van der Waals surface area contributed by atoms with Crippen LogP contribution in [0.2, 0.25) is 0 Å². The molecule has 0 amide bonds. The van der Waals surface area contributed by atoms with Crippen LogP contribution in [-0.2, 0) is 22.5 Å². The first-order chi connectivity index (χ1) is 17.4. The largest absolute Gasteiger partial charge is 0.507 e. The van der Waals surface area contributed by atoms with Gasteiger partial charge in [-0.15, -0.1) is 0 Å². The molecule has 0 unspecified atom stereocenters. The lowest BCUT2D eigenvalue weighted by molar-refractivity contribution is -0.140. The van der Waals surface area contributed by atoms with Crippen LogP contribution in [0.3, 0.4) is 0 Å². The Labute approximate surface area is 209 Å². The number of aromatic hydroxyl groups is 1. The number of pyridine rings is 1. The molecule has 8 heteroatoms. The predicted molar refractivity (Wildman–Crippen MR) is 137 cm³/mol. The molecule has 36 heavy (non-hydrogen) atoms. The normalized spacial score (nSPS) is 11.9. The summed E-state index contributed by atoms with van der Waals surface area (Å²) in [6.45, 7) is 2.19. The summed E-state index contributed by atoms with van der Waals surface area (Å²) < 4.78 is 17.4. The van der Waals surface area contributed by atoms with Crippen LogP contribution in [-0.4, -0.2) is 42.0 Å². The molecular formula is C28H30N2O6. The van der Waals surface area contributed by atoms with Crippen molar-refractivity contribution in [3.63, 3.8) is 0 Å². The molecule has 188 valence electrons. The number of methoxy groups -OCH3 is 3. The lowest BCUT2D eigenvalue weighted by Gasteiger charge is -2.22. The van der Waals surface area contributed by atoms with Gasteiger partial charge in [-0.25, -0.2) is 0 Å². The number of esters is 1. The van der Waals surface area contributed by atoms with Gasteiger partial charge in [0, 0.05) is 46.9 Å². The summed E-state index contributed by atoms with van der Waals surface area (Å²) in [6, 6.07) is 14.7. The van der Waals surface area contributed by atoms with Gasteiger partial charge < -0.3 is 28.9 Å². The van der Waals surface area contributed by atoms with Crippen molar-refractivity contribution in [1.29, 1.82) is 0 Å². The predicted octanol–water partition coefficient (Wildman–Crippen LogP) is 4.30. The number of nitrogens with zero attached hydrogens (tertiary/aromatic N) is 1. The molecule has 2 aromatic heterocycles. The molecule has 1 atom stereocenters. The fraction of sp³-hybridized carbons (Fsp3) is 0.286. The molecule has 2 N–H and O–H groups in total. The van der Waals surface area contributed by atoms with E-state index in [9.17, 15) is 14.7 Å². The first-order valence-electron chi connectivity index (χ1n) is 11.6. The summed E-state index contributed by atoms with van der Waals surface area (Å²) in [5.74, 6) is -0.467. The highest BCUT2D eigenvalue weighted by Crippen LogP contribution is 2.39. The standard InChI is InChI=1S/C28H30N2O6/c1-17-13-24(31)27(22(15-26(32)36-4)21-10-9-19(34-2)14-25(21)35-3)28(33)30(17)12-11-18-16-29-23-8-6-5-7-20(18)23/h5-10,13-14,16,22,29,31H,11-12,15H2,1-4H3/t22-/m0/s1. The van der Waals surface area contributed by atoms with Gasteiger partial charge in [0.1, 0.15) is 17.2 Å². The Bertz CT molecular complexity index is 1450. The quantitative estimate of drug-likeness (QED) is 0.339. The topological polar surface area (TPSA) is 103 Å². The summed E-state index contributed by atoms with van der Waals surface area (Å²) in [5.41, 5.74) is 3.08. The minimum absolute atomic E-state index is 0.119. The molecule has 0 aliphatic heterocycles. The molecule has 0 saturated heterocycles. The Kier molecular flexibility index (Phi) is 7.33. The molecule has 8 nitrogen and oxygen atoms in total. The zero-order chi connectivity index (χ0) is 25.8. The Morgan fingerprint density at radius 1 is 1.08 bits per heavy atom. The van der Waals surface area contributed by atoms with Crippen molar-refractivity contribution in [2.24, 2.45) is 0 Å². The number of hydrogen-bond acceptors (Lipinski definition) is 6. The molecule has 4 aromatic rings. The minimum atomic E-state index is -0.786. The zero-order valence-corrected chi connectivity index (χ0v) is 20.8. The van der Waals surface area contributed by atoms with Crippen LogP contribution in [0.1, 0.15) is 34.7 Å². The second-order valence-corrected chi connectivity index (χ2v) is 8.59. The molecule has 0 aliphatic rings. The van der Waals surface area contributed by atoms with Crippen molar-refractivity contribution in [3.05, 3.63) is 87.5 Å². The van der Waals surface area contributed by atoms with Crippen LogP contribution < -0.4 is 15.0 Å². The van der Waals surface area contributed by atoms with Gasteiger partial charge in [0.05, 0.1) is 33.3 Å². The summed E-state index contributed by atoms with van der Waals surface area (Å²) in [4.78, 5) is 29.5. The van der Waals surface area contributed by atoms with E-state index in [-0.39, 0.29) is 23.3 Å². The third-order valence-corrected chi connectivity index (χ3v) is 6.57. The summed E-state index contributed by atoms with van der Waals surface area (Å²) >= 11 is 0. The number of fused-ring (bicyclic) bond motifs is 1. The molecule has 4 rings (SSSR count). The number of rotatable bonds is 9. The van der Waals surface area contributed by atoms with E-state index in [2.05, 4.69) is 4.98 Å². The van der Waals surface area contributed by atoms with Gasteiger partial charge in [0.2, 0.25) is 0 Å². The third kappa shape index (κ3) is 4.79. The minimum Gasteiger partial charge on any atom is -0.507 e. The Morgan fingerprint density at radius 3 is 2.58 bits per heavy atom. The molecule has 0 spiro atoms. The monoisotopic (exact) mass is 490 g/mol. The highest BCUT2D eigenvalue weighted by Gasteiger charge is 2.29. The van der Waals surface area contributed by atoms with Crippen LogP contribution in [0.15, 0.2) is 59.5 Å². The second-order valence-electron chi connectivity index (χ2n) is 8.59. The maximum absolute atomic E-state index is 13.8. The van der Waals surface area contributed by atoms with E-state index in [0.717, 1.165) is 16.5 Å². The molecule has 0 fully saturated rings. The van der Waals surface area contributed by atoms with E-state index >= 15 is 0 Å². The van der Waals surface area contributed by atoms with Crippen molar-refractivity contribution < 1.29 is 24.1 Å². The number of H-pyrrole nitrogens is 1. The molecule has 0 saturated carbocycles. The summed E-state index contributed by atoms with van der Waals surface area (Å²) in [6.07, 6.45) is 2.42. The van der Waals surface area contributed by atoms with Crippen LogP contribution in [0.4, 0.5) is 0 Å². The van der Waals surface area contributed by atoms with Crippen LogP contribution in [0.5, 0.6) is 17.2 Å². The fourth-order valence-corrected chi connectivity index (χ4v) is 4.67. The summed E-state index contributed by atoms with van der Waals surface area (Å²) in [5, 5.41) is 12.0. The number of carbonyl (C=O) groups is 1. The number of aromatic nitrogens is 2. The van der Waals surface area contributed by atoms with Crippen molar-refractivity contribution in [2.75, 3.05) is 21.3 Å². The van der Waals surface area contributed by atoms with E-state index in [4.69, 9.17) is 14.2 Å². The van der Waals surface area contributed by atoms with Gasteiger partial charge in [-0.05, 0) is 37.1 Å². The number of ether oxygens (including phenoxy) is 3. The molecule has 0 bridgehead atoms. The molecular weight excluding hydrogens is 460 g/mol. The van der Waals surface area contributed by atoms with E-state index in [0.29, 0.717) is 35.7 Å². The van der Waals surface area contributed by atoms with Crippen molar-refractivity contribution in [3.8, 4) is 17.2 Å². The Morgan fingerprint density at radius 2 is 1.86 bits per heavy atom. The average Bonchev–Trinajstić information content (AvgIpc) is 3.30. The van der Waals surface area contributed by atoms with E-state index in [1.54, 1.807) is 42.9 Å². The number of hydrogen-bond donors (Lipinski definition) is 2. The average molecular weight is 491 g/mol. The first kappa shape index (κ1) is 24.9. The van der Waals surface area contributed by atoms with Crippen LogP contribution in [0, 0.1) is 6.92 Å². The third-order valence-electron chi connectivity index (χ3n) is 6.57. The van der Waals surface area contributed by atoms with Crippen molar-refractivity contribution in [1.82, 2.24) is 9.55 Å². The van der Waals surface area contributed by atoms with Crippen molar-refractivity contribution >= 4 is 16.9 Å². The van der Waals surface area contributed by atoms with Crippen LogP contribution >= 0.6 is 0 Å². The smallest absolute Gasteiger partial charge is 0.306 e. The van der Waals surface area contributed by atoms with Gasteiger partial charge >= 0.3 is 5.97 Å². The SMILES string of the molecule is COC(=O)C[C@@H](c1ccc(OC)cc1OC)c1c(O)cc(C)n(CCc2c[nH]c3ccccc23)c1=O. The first-order valence-corrected chi connectivity index (χ1v) is 11.6. The van der Waals surface area contributed by atoms with E-state index < -0.39 is 11.9 Å². The number of benzene rings is 2. The Balaban J connectivity index is 1.79. The van der Waals surface area contributed by atoms with E-state index in [1.807, 2.05) is 30.5 Å². The molecule has 2 aromatic carbocycles. The maximum Gasteiger partial charge on any atom is 0.306 e. The second kappa shape index (κ2) is 10.6. The van der Waals surface area contributed by atoms with Gasteiger partial charge in [-0.1, -0.05) is 24.3 Å². The Hall–Kier alpha value is -4.20. The molecule has 0 aliphatic carbocycles. The lowest BCUT2D eigenvalue weighted by atomic mass is 9.87. The maximum atomic E-state index is 13.8. The number of nitrogens with one attached hydrogen (secondary N) is 1. The highest BCUT2D eigenvalue weighted by atomic mass is 16.5. The van der Waals surface area contributed by atoms with Gasteiger partial charge in [-0.3, -0.25) is 9.59 Å². The van der Waals surface area contributed by atoms with Gasteiger partial charge in [-0.2, -0.15) is 0 Å². The molecule has 2 heterocycles. The van der Waals surface area contributed by atoms with Gasteiger partial charge in [0.15, 0.2) is 0 Å². The number of aromatic amines is 1. The lowest BCUT2D eigenvalue weighted by Crippen LogP contribution is -2.29. The summed E-state index contributed by atoms with van der Waals surface area (Å²) in [7, 11) is 4.33. The zero-order valence-electron chi connectivity index (χ0n) is 20.8. The van der Waals surface area contributed by atoms with Gasteiger partial charge in [0.25, 0.3) is 5.56 Å². The van der Waals surface area contributed by atoms with Crippen LogP contribution in [0.25, 0.3) is 10.9 Å².